The number of hydrogen-bond donors (Lipinski definition) is 0. The van der Waals surface area contributed by atoms with Gasteiger partial charge in [-0.2, -0.15) is 0 Å². The van der Waals surface area contributed by atoms with Gasteiger partial charge >= 0.3 is 8.25 Å². The van der Waals surface area contributed by atoms with Gasteiger partial charge in [0, 0.05) is 24.0 Å². The maximum absolute atomic E-state index is 10.6. The molecule has 0 heterocycles. The number of rotatable bonds is 6. The molecule has 0 aromatic carbocycles. The molecule has 0 N–H and O–H groups in total. The predicted octanol–water partition coefficient (Wildman–Crippen LogP) is 2.49. The minimum absolute atomic E-state index is 0. The summed E-state index contributed by atoms with van der Waals surface area (Å²) in [5.41, 5.74) is 0. The van der Waals surface area contributed by atoms with Gasteiger partial charge in [-0.1, -0.05) is 13.3 Å². The van der Waals surface area contributed by atoms with Gasteiger partial charge in [0.15, 0.2) is 0 Å². The molecule has 5 heteroatoms. The van der Waals surface area contributed by atoms with Crippen molar-refractivity contribution in [2.45, 2.75) is 26.7 Å². The van der Waals surface area contributed by atoms with Gasteiger partial charge in [-0.15, -0.1) is 9.05 Å². The molecule has 1 atom stereocenters. The van der Waals surface area contributed by atoms with Gasteiger partial charge in [-0.3, -0.25) is 0 Å². The molecule has 0 fully saturated rings. The van der Waals surface area contributed by atoms with Crippen LogP contribution in [0.4, 0.5) is 0 Å². The molecule has 0 spiro atoms. The van der Waals surface area contributed by atoms with Crippen molar-refractivity contribution in [3.8, 4) is 0 Å². The molecule has 0 aliphatic carbocycles. The Hall–Kier alpha value is 0.643. The molecule has 0 amide bonds. The molecule has 0 radical (unpaired) electrons. The molecular formula is C6H14O3PZn+. The van der Waals surface area contributed by atoms with E-state index in [4.69, 9.17) is 4.52 Å². The fraction of sp³-hybridized carbons (Fsp3) is 1.00. The van der Waals surface area contributed by atoms with Gasteiger partial charge in [-0.25, -0.2) is 0 Å². The third-order valence-electron chi connectivity index (χ3n) is 0.929. The quantitative estimate of drug-likeness (QED) is 0.400. The monoisotopic (exact) mass is 229 g/mol. The molecule has 11 heavy (non-hydrogen) atoms. The average Bonchev–Trinajstić information content (AvgIpc) is 1.89. The summed E-state index contributed by atoms with van der Waals surface area (Å²) in [6, 6.07) is 0. The van der Waals surface area contributed by atoms with Crippen molar-refractivity contribution in [3.05, 3.63) is 0 Å². The van der Waals surface area contributed by atoms with Crippen molar-refractivity contribution in [2.75, 3.05) is 13.2 Å². The Kier molecular flexibility index (Phi) is 13.7. The molecule has 0 aromatic rings. The van der Waals surface area contributed by atoms with E-state index in [1.807, 2.05) is 0 Å². The van der Waals surface area contributed by atoms with Crippen molar-refractivity contribution in [1.82, 2.24) is 0 Å². The van der Waals surface area contributed by atoms with E-state index in [1.54, 1.807) is 6.92 Å². The Balaban J connectivity index is 0. The number of hydrogen-bond acceptors (Lipinski definition) is 3. The van der Waals surface area contributed by atoms with Gasteiger partial charge in [0.05, 0.1) is 0 Å². The second-order valence-electron chi connectivity index (χ2n) is 1.83. The van der Waals surface area contributed by atoms with E-state index >= 15 is 0 Å². The van der Waals surface area contributed by atoms with E-state index < -0.39 is 8.25 Å². The Bertz CT molecular complexity index is 99.8. The minimum atomic E-state index is -1.84. The van der Waals surface area contributed by atoms with Gasteiger partial charge < -0.3 is 0 Å². The van der Waals surface area contributed by atoms with Crippen LogP contribution in [0.25, 0.3) is 0 Å². The van der Waals surface area contributed by atoms with Crippen molar-refractivity contribution < 1.29 is 33.1 Å². The summed E-state index contributed by atoms with van der Waals surface area (Å²) in [6.07, 6.45) is 1.99. The summed E-state index contributed by atoms with van der Waals surface area (Å²) in [4.78, 5) is 0. The zero-order valence-corrected chi connectivity index (χ0v) is 11.1. The molecule has 0 saturated heterocycles. The van der Waals surface area contributed by atoms with Crippen LogP contribution in [0.1, 0.15) is 26.7 Å². The van der Waals surface area contributed by atoms with Crippen molar-refractivity contribution in [2.24, 2.45) is 0 Å². The van der Waals surface area contributed by atoms with Crippen LogP contribution in [-0.4, -0.2) is 13.2 Å². The molecule has 0 bridgehead atoms. The van der Waals surface area contributed by atoms with E-state index in [1.165, 1.54) is 0 Å². The smallest absolute Gasteiger partial charge is 0.119 e. The van der Waals surface area contributed by atoms with Crippen LogP contribution >= 0.6 is 8.25 Å². The first-order chi connectivity index (χ1) is 4.81. The van der Waals surface area contributed by atoms with Gasteiger partial charge in [0.25, 0.3) is 0 Å². The fourth-order valence-corrected chi connectivity index (χ4v) is 0.990. The van der Waals surface area contributed by atoms with E-state index in [0.717, 1.165) is 12.8 Å². The van der Waals surface area contributed by atoms with Crippen molar-refractivity contribution in [1.29, 1.82) is 0 Å². The maximum atomic E-state index is 10.6. The van der Waals surface area contributed by atoms with E-state index in [-0.39, 0.29) is 19.5 Å². The number of unbranched alkanes of at least 4 members (excludes halogenated alkanes) is 1. The second kappa shape index (κ2) is 10.6. The van der Waals surface area contributed by atoms with E-state index in [2.05, 4.69) is 11.4 Å². The Morgan fingerprint density at radius 1 is 1.27 bits per heavy atom. The van der Waals surface area contributed by atoms with E-state index in [9.17, 15) is 4.57 Å². The van der Waals surface area contributed by atoms with Crippen LogP contribution < -0.4 is 0 Å². The summed E-state index contributed by atoms with van der Waals surface area (Å²) in [7, 11) is -1.84. The minimum Gasteiger partial charge on any atom is -0.119 e. The molecule has 0 aromatic heterocycles. The summed E-state index contributed by atoms with van der Waals surface area (Å²) in [6.45, 7) is 4.82. The molecular weight excluding hydrogens is 216 g/mol. The Labute approximate surface area is 81.6 Å². The molecule has 0 rings (SSSR count). The van der Waals surface area contributed by atoms with Crippen LogP contribution in [0.15, 0.2) is 0 Å². The first kappa shape index (κ1) is 14.2. The largest absolute Gasteiger partial charge is 0.697 e. The molecule has 0 aliphatic rings. The Morgan fingerprint density at radius 2 is 1.91 bits per heavy atom. The van der Waals surface area contributed by atoms with Crippen molar-refractivity contribution >= 4 is 8.25 Å². The summed E-state index contributed by atoms with van der Waals surface area (Å²) < 4.78 is 20.1. The van der Waals surface area contributed by atoms with Gasteiger partial charge in [0.2, 0.25) is 0 Å². The standard InChI is InChI=1S/C6H14O3P.Zn/c1-3-5-6-9-10(7)8-4-2;/h3-6H2,1-2H3;/q+1;. The van der Waals surface area contributed by atoms with Crippen LogP contribution in [0.5, 0.6) is 0 Å². The molecule has 1 unspecified atom stereocenters. The Morgan fingerprint density at radius 3 is 2.36 bits per heavy atom. The average molecular weight is 231 g/mol. The maximum Gasteiger partial charge on any atom is 0.697 e. The van der Waals surface area contributed by atoms with Crippen LogP contribution in [0.2, 0.25) is 0 Å². The zero-order valence-electron chi connectivity index (χ0n) is 7.21. The third kappa shape index (κ3) is 10.6. The van der Waals surface area contributed by atoms with Crippen LogP contribution in [-0.2, 0) is 33.1 Å². The first-order valence-corrected chi connectivity index (χ1v) is 4.63. The summed E-state index contributed by atoms with van der Waals surface area (Å²) >= 11 is 0. The topological polar surface area (TPSA) is 35.5 Å². The van der Waals surface area contributed by atoms with Crippen molar-refractivity contribution in [3.63, 3.8) is 0 Å². The molecule has 3 nitrogen and oxygen atoms in total. The SMILES string of the molecule is CCCCO[P+](=O)OCC.[Zn]. The van der Waals surface area contributed by atoms with Crippen LogP contribution in [0, 0.1) is 0 Å². The van der Waals surface area contributed by atoms with E-state index in [0.29, 0.717) is 13.2 Å². The van der Waals surface area contributed by atoms with Gasteiger partial charge in [-0.05, 0) is 13.3 Å². The zero-order chi connectivity index (χ0) is 7.82. The fourth-order valence-electron chi connectivity index (χ4n) is 0.426. The molecule has 0 saturated carbocycles. The normalized spacial score (nSPS) is 10.5. The van der Waals surface area contributed by atoms with Crippen LogP contribution in [0.3, 0.4) is 0 Å². The first-order valence-electron chi connectivity index (χ1n) is 3.54. The third-order valence-corrected chi connectivity index (χ3v) is 1.79. The second-order valence-corrected chi connectivity index (χ2v) is 2.79. The molecule has 0 aliphatic heterocycles. The van der Waals surface area contributed by atoms with Gasteiger partial charge in [0.1, 0.15) is 13.2 Å². The predicted molar refractivity (Wildman–Crippen MR) is 40.1 cm³/mol. The summed E-state index contributed by atoms with van der Waals surface area (Å²) in [5.74, 6) is 0. The molecule has 62 valence electrons. The summed E-state index contributed by atoms with van der Waals surface area (Å²) in [5, 5.41) is 0.